The van der Waals surface area contributed by atoms with Gasteiger partial charge in [-0.05, 0) is 12.1 Å². The molecule has 0 bridgehead atoms. The molecule has 0 saturated heterocycles. The average molecular weight is 299 g/mol. The number of nitrogens with zero attached hydrogens (tertiary/aromatic N) is 3. The van der Waals surface area contributed by atoms with E-state index in [0.717, 1.165) is 22.3 Å². The van der Waals surface area contributed by atoms with E-state index in [1.807, 2.05) is 30.3 Å². The molecule has 0 fully saturated rings. The fourth-order valence-corrected chi connectivity index (χ4v) is 2.24. The molecule has 106 valence electrons. The zero-order valence-electron chi connectivity index (χ0n) is 11.1. The highest BCUT2D eigenvalue weighted by Gasteiger charge is 2.07. The summed E-state index contributed by atoms with van der Waals surface area (Å²) in [5, 5.41) is 7.93. The maximum atomic E-state index is 5.80. The van der Waals surface area contributed by atoms with Gasteiger partial charge in [0.05, 0.1) is 5.52 Å². The van der Waals surface area contributed by atoms with Gasteiger partial charge in [0, 0.05) is 23.9 Å². The Balaban J connectivity index is 1.83. The van der Waals surface area contributed by atoms with Gasteiger partial charge in [-0.3, -0.25) is 0 Å². The third kappa shape index (κ3) is 2.97. The first-order chi connectivity index (χ1) is 10.2. The summed E-state index contributed by atoms with van der Waals surface area (Å²) in [5.74, 6) is 1.37. The number of anilines is 1. The molecule has 3 aromatic rings. The normalized spacial score (nSPS) is 10.7. The second-order valence-electron chi connectivity index (χ2n) is 4.46. The molecular formula is C14H13N5OS. The maximum absolute atomic E-state index is 5.80. The van der Waals surface area contributed by atoms with Gasteiger partial charge < -0.3 is 15.6 Å². The predicted molar refractivity (Wildman–Crippen MR) is 84.1 cm³/mol. The summed E-state index contributed by atoms with van der Waals surface area (Å²) in [6, 6.07) is 9.62. The number of hydrogen-bond donors (Lipinski definition) is 2. The van der Waals surface area contributed by atoms with Gasteiger partial charge in [0.1, 0.15) is 10.8 Å². The van der Waals surface area contributed by atoms with Crippen LogP contribution in [0.15, 0.2) is 41.2 Å². The SMILES string of the molecule is NC(=S)c1cc(NCCc2ncon2)nc2ccccc12. The van der Waals surface area contributed by atoms with Crippen molar-refractivity contribution in [2.24, 2.45) is 5.73 Å². The number of benzene rings is 1. The molecule has 0 unspecified atom stereocenters. The summed E-state index contributed by atoms with van der Waals surface area (Å²) >= 11 is 5.12. The van der Waals surface area contributed by atoms with Gasteiger partial charge in [0.25, 0.3) is 0 Å². The third-order valence-corrected chi connectivity index (χ3v) is 3.26. The lowest BCUT2D eigenvalue weighted by atomic mass is 10.1. The van der Waals surface area contributed by atoms with Crippen LogP contribution in [-0.2, 0) is 6.42 Å². The number of aromatic nitrogens is 3. The highest BCUT2D eigenvalue weighted by molar-refractivity contribution is 7.80. The molecule has 3 N–H and O–H groups in total. The van der Waals surface area contributed by atoms with Crippen molar-refractivity contribution in [3.8, 4) is 0 Å². The van der Waals surface area contributed by atoms with Gasteiger partial charge in [-0.2, -0.15) is 4.98 Å². The van der Waals surface area contributed by atoms with Crippen LogP contribution in [0.5, 0.6) is 0 Å². The van der Waals surface area contributed by atoms with Gasteiger partial charge in [-0.15, -0.1) is 0 Å². The summed E-state index contributed by atoms with van der Waals surface area (Å²) in [6.07, 6.45) is 1.96. The number of rotatable bonds is 5. The highest BCUT2D eigenvalue weighted by Crippen LogP contribution is 2.20. The molecule has 0 radical (unpaired) electrons. The molecule has 0 aliphatic carbocycles. The number of thiocarbonyl (C=S) groups is 1. The Morgan fingerprint density at radius 1 is 1.33 bits per heavy atom. The van der Waals surface area contributed by atoms with Crippen molar-refractivity contribution in [2.45, 2.75) is 6.42 Å². The number of fused-ring (bicyclic) bond motifs is 1. The summed E-state index contributed by atoms with van der Waals surface area (Å²) in [6.45, 7) is 0.641. The molecule has 0 atom stereocenters. The van der Waals surface area contributed by atoms with Crippen LogP contribution in [0.1, 0.15) is 11.4 Å². The number of nitrogens with one attached hydrogen (secondary N) is 1. The average Bonchev–Trinajstić information content (AvgIpc) is 2.99. The number of para-hydroxylation sites is 1. The van der Waals surface area contributed by atoms with Crippen molar-refractivity contribution in [3.63, 3.8) is 0 Å². The van der Waals surface area contributed by atoms with Gasteiger partial charge in [0.15, 0.2) is 5.82 Å². The first-order valence-electron chi connectivity index (χ1n) is 6.43. The molecule has 6 nitrogen and oxygen atoms in total. The monoisotopic (exact) mass is 299 g/mol. The summed E-state index contributed by atoms with van der Waals surface area (Å²) in [5.41, 5.74) is 7.47. The first-order valence-corrected chi connectivity index (χ1v) is 6.83. The standard InChI is InChI=1S/C14H13N5OS/c15-14(21)10-7-13(16-6-5-12-17-8-20-19-12)18-11-4-2-1-3-9(10)11/h1-4,7-8H,5-6H2,(H2,15,21)(H,16,18). The highest BCUT2D eigenvalue weighted by atomic mass is 32.1. The lowest BCUT2D eigenvalue weighted by Gasteiger charge is -2.09. The molecule has 0 aliphatic heterocycles. The minimum absolute atomic E-state index is 0.356. The maximum Gasteiger partial charge on any atom is 0.213 e. The van der Waals surface area contributed by atoms with Crippen LogP contribution in [-0.4, -0.2) is 26.7 Å². The third-order valence-electron chi connectivity index (χ3n) is 3.04. The lowest BCUT2D eigenvalue weighted by Crippen LogP contribution is -2.13. The van der Waals surface area contributed by atoms with E-state index in [9.17, 15) is 0 Å². The number of nitrogens with two attached hydrogens (primary N) is 1. The van der Waals surface area contributed by atoms with Crippen LogP contribution < -0.4 is 11.1 Å². The van der Waals surface area contributed by atoms with Crippen molar-refractivity contribution in [1.82, 2.24) is 15.1 Å². The molecular weight excluding hydrogens is 286 g/mol. The number of hydrogen-bond acceptors (Lipinski definition) is 6. The van der Waals surface area contributed by atoms with Gasteiger partial charge in [-0.25, -0.2) is 4.98 Å². The predicted octanol–water partition coefficient (Wildman–Crippen LogP) is 1.91. The molecule has 0 saturated carbocycles. The molecule has 21 heavy (non-hydrogen) atoms. The Morgan fingerprint density at radius 2 is 2.19 bits per heavy atom. The van der Waals surface area contributed by atoms with Crippen molar-refractivity contribution in [3.05, 3.63) is 48.1 Å². The van der Waals surface area contributed by atoms with Crippen LogP contribution >= 0.6 is 12.2 Å². The molecule has 3 rings (SSSR count). The van der Waals surface area contributed by atoms with Crippen molar-refractivity contribution in [1.29, 1.82) is 0 Å². The van der Waals surface area contributed by atoms with Gasteiger partial charge in [-0.1, -0.05) is 35.6 Å². The second kappa shape index (κ2) is 5.84. The van der Waals surface area contributed by atoms with Crippen LogP contribution in [0.4, 0.5) is 5.82 Å². The molecule has 7 heteroatoms. The minimum Gasteiger partial charge on any atom is -0.389 e. The first kappa shape index (κ1) is 13.4. The van der Waals surface area contributed by atoms with E-state index in [-0.39, 0.29) is 0 Å². The molecule has 0 amide bonds. The summed E-state index contributed by atoms with van der Waals surface area (Å²) in [7, 11) is 0. The quantitative estimate of drug-likeness (QED) is 0.695. The Morgan fingerprint density at radius 3 is 2.95 bits per heavy atom. The van der Waals surface area contributed by atoms with E-state index in [1.54, 1.807) is 0 Å². The Hall–Kier alpha value is -2.54. The fraction of sp³-hybridized carbons (Fsp3) is 0.143. The van der Waals surface area contributed by atoms with Crippen LogP contribution in [0.2, 0.25) is 0 Å². The van der Waals surface area contributed by atoms with Crippen molar-refractivity contribution in [2.75, 3.05) is 11.9 Å². The minimum atomic E-state index is 0.356. The van der Waals surface area contributed by atoms with E-state index < -0.39 is 0 Å². The van der Waals surface area contributed by atoms with Crippen molar-refractivity contribution < 1.29 is 4.52 Å². The second-order valence-corrected chi connectivity index (χ2v) is 4.90. The van der Waals surface area contributed by atoms with E-state index in [4.69, 9.17) is 18.0 Å². The molecule has 0 spiro atoms. The van der Waals surface area contributed by atoms with E-state index in [1.165, 1.54) is 6.39 Å². The van der Waals surface area contributed by atoms with Crippen LogP contribution in [0.3, 0.4) is 0 Å². The Labute approximate surface area is 126 Å². The topological polar surface area (TPSA) is 89.9 Å². The molecule has 0 aliphatic rings. The zero-order chi connectivity index (χ0) is 14.7. The van der Waals surface area contributed by atoms with Crippen molar-refractivity contribution >= 4 is 33.9 Å². The van der Waals surface area contributed by atoms with E-state index in [2.05, 4.69) is 25.0 Å². The molecule has 2 aromatic heterocycles. The summed E-state index contributed by atoms with van der Waals surface area (Å²) in [4.78, 5) is 8.87. The van der Waals surface area contributed by atoms with E-state index >= 15 is 0 Å². The van der Waals surface area contributed by atoms with Gasteiger partial charge >= 0.3 is 0 Å². The van der Waals surface area contributed by atoms with E-state index in [0.29, 0.717) is 23.8 Å². The molecule has 1 aromatic carbocycles. The molecule has 2 heterocycles. The fourth-order valence-electron chi connectivity index (χ4n) is 2.07. The lowest BCUT2D eigenvalue weighted by molar-refractivity contribution is 0.410. The zero-order valence-corrected chi connectivity index (χ0v) is 11.9. The largest absolute Gasteiger partial charge is 0.389 e. The Kier molecular flexibility index (Phi) is 3.74. The van der Waals surface area contributed by atoms with Gasteiger partial charge in [0.2, 0.25) is 6.39 Å². The van der Waals surface area contributed by atoms with Crippen LogP contribution in [0.25, 0.3) is 10.9 Å². The van der Waals surface area contributed by atoms with Crippen LogP contribution in [0, 0.1) is 0 Å². The smallest absolute Gasteiger partial charge is 0.213 e. The number of pyridine rings is 1. The summed E-state index contributed by atoms with van der Waals surface area (Å²) < 4.78 is 4.69. The Bertz CT molecular complexity index is 772.